The van der Waals surface area contributed by atoms with Crippen molar-refractivity contribution in [2.45, 2.75) is 39.7 Å². The minimum absolute atomic E-state index is 0.0434. The number of amidine groups is 1. The molecule has 0 bridgehead atoms. The number of nitrogens with one attached hydrogen (secondary N) is 1. The number of carboxylic acid groups (broad SMARTS) is 1. The van der Waals surface area contributed by atoms with Crippen molar-refractivity contribution < 1.29 is 14.6 Å². The highest BCUT2D eigenvalue weighted by molar-refractivity contribution is 5.97. The molecule has 5 nitrogen and oxygen atoms in total. The van der Waals surface area contributed by atoms with Gasteiger partial charge in [-0.25, -0.2) is 4.79 Å². The molecule has 0 saturated heterocycles. The fourth-order valence-electron chi connectivity index (χ4n) is 3.35. The molecular formula is C27H30N2O3. The van der Waals surface area contributed by atoms with E-state index >= 15 is 0 Å². The Morgan fingerprint density at radius 3 is 2.19 bits per heavy atom. The largest absolute Gasteiger partial charge is 0.485 e. The van der Waals surface area contributed by atoms with Crippen molar-refractivity contribution in [1.29, 1.82) is 5.41 Å². The van der Waals surface area contributed by atoms with Gasteiger partial charge in [0, 0.05) is 12.2 Å². The molecule has 0 aromatic heterocycles. The third-order valence-electron chi connectivity index (χ3n) is 5.31. The molecule has 0 amide bonds. The maximum Gasteiger partial charge on any atom is 0.339 e. The molecular weight excluding hydrogens is 400 g/mol. The van der Waals surface area contributed by atoms with Crippen molar-refractivity contribution in [3.8, 4) is 5.75 Å². The van der Waals surface area contributed by atoms with Crippen LogP contribution in [0.3, 0.4) is 0 Å². The molecule has 0 radical (unpaired) electrons. The molecule has 3 aromatic rings. The van der Waals surface area contributed by atoms with Gasteiger partial charge in [-0.15, -0.1) is 0 Å². The van der Waals surface area contributed by atoms with Gasteiger partial charge in [0.2, 0.25) is 0 Å². The summed E-state index contributed by atoms with van der Waals surface area (Å²) in [5, 5.41) is 18.1. The number of rotatable bonds is 7. The second-order valence-electron chi connectivity index (χ2n) is 8.91. The van der Waals surface area contributed by atoms with Gasteiger partial charge in [-0.2, -0.15) is 0 Å². The Balaban J connectivity index is 1.82. The Bertz CT molecular complexity index is 1080. The van der Waals surface area contributed by atoms with Crippen molar-refractivity contribution in [2.24, 2.45) is 0 Å². The van der Waals surface area contributed by atoms with E-state index in [2.05, 4.69) is 45.0 Å². The standard InChI is InChI=1S/C27H30N2O3/c1-19-9-15-22(16-10-19)29(17-20-11-13-21(14-12-20)27(2,3)4)25(28)18-32-24-8-6-5-7-23(24)26(30)31/h5-16,28H,17-18H2,1-4H3,(H,30,31). The van der Waals surface area contributed by atoms with Crippen molar-refractivity contribution >= 4 is 17.5 Å². The van der Waals surface area contributed by atoms with E-state index < -0.39 is 5.97 Å². The summed E-state index contributed by atoms with van der Waals surface area (Å²) in [6.45, 7) is 9.04. The van der Waals surface area contributed by atoms with Crippen LogP contribution in [-0.2, 0) is 12.0 Å². The Morgan fingerprint density at radius 2 is 1.59 bits per heavy atom. The lowest BCUT2D eigenvalue weighted by Gasteiger charge is -2.26. The number of anilines is 1. The lowest BCUT2D eigenvalue weighted by atomic mass is 9.87. The van der Waals surface area contributed by atoms with E-state index in [0.29, 0.717) is 6.54 Å². The Morgan fingerprint density at radius 1 is 0.969 bits per heavy atom. The monoisotopic (exact) mass is 430 g/mol. The summed E-state index contributed by atoms with van der Waals surface area (Å²) in [5.74, 6) is -0.557. The molecule has 0 unspecified atom stereocenters. The third-order valence-corrected chi connectivity index (χ3v) is 5.31. The lowest BCUT2D eigenvalue weighted by molar-refractivity contribution is 0.0693. The van der Waals surface area contributed by atoms with E-state index in [1.807, 2.05) is 36.1 Å². The molecule has 0 heterocycles. The quantitative estimate of drug-likeness (QED) is 0.353. The summed E-state index contributed by atoms with van der Waals surface area (Å²) in [6.07, 6.45) is 0. The molecule has 5 heteroatoms. The zero-order valence-electron chi connectivity index (χ0n) is 19.1. The molecule has 2 N–H and O–H groups in total. The van der Waals surface area contributed by atoms with Crippen LogP contribution in [0.4, 0.5) is 5.69 Å². The van der Waals surface area contributed by atoms with Crippen molar-refractivity contribution in [1.82, 2.24) is 0 Å². The molecule has 3 rings (SSSR count). The van der Waals surface area contributed by atoms with Gasteiger partial charge in [0.1, 0.15) is 23.8 Å². The molecule has 0 atom stereocenters. The normalized spacial score (nSPS) is 11.1. The van der Waals surface area contributed by atoms with Gasteiger partial charge in [-0.05, 0) is 47.7 Å². The summed E-state index contributed by atoms with van der Waals surface area (Å²) in [7, 11) is 0. The topological polar surface area (TPSA) is 73.6 Å². The number of ether oxygens (including phenoxy) is 1. The number of carboxylic acids is 1. The van der Waals surface area contributed by atoms with Crippen LogP contribution >= 0.6 is 0 Å². The van der Waals surface area contributed by atoms with Crippen LogP contribution in [0.25, 0.3) is 0 Å². The molecule has 3 aromatic carbocycles. The lowest BCUT2D eigenvalue weighted by Crippen LogP contribution is -2.34. The van der Waals surface area contributed by atoms with Crippen LogP contribution in [-0.4, -0.2) is 23.5 Å². The van der Waals surface area contributed by atoms with Gasteiger partial charge in [-0.1, -0.05) is 74.9 Å². The number of hydrogen-bond acceptors (Lipinski definition) is 3. The average molecular weight is 431 g/mol. The SMILES string of the molecule is Cc1ccc(N(Cc2ccc(C(C)(C)C)cc2)C(=N)COc2ccccc2C(=O)O)cc1. The fraction of sp³-hybridized carbons (Fsp3) is 0.259. The first-order valence-electron chi connectivity index (χ1n) is 10.6. The highest BCUT2D eigenvalue weighted by Crippen LogP contribution is 2.24. The number of aryl methyl sites for hydroxylation is 1. The molecule has 0 aliphatic carbocycles. The Labute approximate surface area is 189 Å². The first kappa shape index (κ1) is 23.1. The van der Waals surface area contributed by atoms with Gasteiger partial charge in [0.25, 0.3) is 0 Å². The predicted molar refractivity (Wildman–Crippen MR) is 129 cm³/mol. The van der Waals surface area contributed by atoms with Crippen LogP contribution in [0, 0.1) is 12.3 Å². The molecule has 0 spiro atoms. The predicted octanol–water partition coefficient (Wildman–Crippen LogP) is 6.05. The number of para-hydroxylation sites is 1. The van der Waals surface area contributed by atoms with Gasteiger partial charge in [0.15, 0.2) is 0 Å². The van der Waals surface area contributed by atoms with E-state index in [1.165, 1.54) is 11.6 Å². The van der Waals surface area contributed by atoms with Crippen molar-refractivity contribution in [3.05, 3.63) is 95.1 Å². The molecule has 0 aliphatic heterocycles. The number of carbonyl (C=O) groups is 1. The summed E-state index contributed by atoms with van der Waals surface area (Å²) in [6, 6.07) is 22.9. The second-order valence-corrected chi connectivity index (χ2v) is 8.91. The molecule has 0 fully saturated rings. The van der Waals surface area contributed by atoms with E-state index in [1.54, 1.807) is 18.2 Å². The maximum atomic E-state index is 11.4. The summed E-state index contributed by atoms with van der Waals surface area (Å²) in [5.41, 5.74) is 4.52. The smallest absolute Gasteiger partial charge is 0.339 e. The van der Waals surface area contributed by atoms with Gasteiger partial charge in [-0.3, -0.25) is 5.41 Å². The van der Waals surface area contributed by atoms with Gasteiger partial charge < -0.3 is 14.7 Å². The third kappa shape index (κ3) is 5.76. The van der Waals surface area contributed by atoms with E-state index in [0.717, 1.165) is 16.8 Å². The van der Waals surface area contributed by atoms with Crippen molar-refractivity contribution in [3.63, 3.8) is 0 Å². The Kier molecular flexibility index (Phi) is 6.98. The Hall–Kier alpha value is -3.60. The number of hydrogen-bond donors (Lipinski definition) is 2. The molecule has 0 saturated carbocycles. The van der Waals surface area contributed by atoms with Crippen LogP contribution in [0.1, 0.15) is 47.8 Å². The number of benzene rings is 3. The van der Waals surface area contributed by atoms with Crippen LogP contribution in [0.2, 0.25) is 0 Å². The molecule has 0 aliphatic rings. The van der Waals surface area contributed by atoms with Crippen LogP contribution < -0.4 is 9.64 Å². The van der Waals surface area contributed by atoms with E-state index in [9.17, 15) is 9.90 Å². The first-order valence-corrected chi connectivity index (χ1v) is 10.6. The molecule has 166 valence electrons. The summed E-state index contributed by atoms with van der Waals surface area (Å²) < 4.78 is 5.74. The average Bonchev–Trinajstić information content (AvgIpc) is 2.76. The summed E-state index contributed by atoms with van der Waals surface area (Å²) in [4.78, 5) is 13.3. The highest BCUT2D eigenvalue weighted by atomic mass is 16.5. The summed E-state index contributed by atoms with van der Waals surface area (Å²) >= 11 is 0. The van der Waals surface area contributed by atoms with E-state index in [4.69, 9.17) is 10.1 Å². The van der Waals surface area contributed by atoms with Crippen LogP contribution in [0.5, 0.6) is 5.75 Å². The zero-order valence-corrected chi connectivity index (χ0v) is 19.1. The number of nitrogens with zero attached hydrogens (tertiary/aromatic N) is 1. The first-order chi connectivity index (χ1) is 15.1. The minimum atomic E-state index is -1.05. The van der Waals surface area contributed by atoms with Gasteiger partial charge >= 0.3 is 5.97 Å². The van der Waals surface area contributed by atoms with Gasteiger partial charge in [0.05, 0.1) is 0 Å². The van der Waals surface area contributed by atoms with Crippen molar-refractivity contribution in [2.75, 3.05) is 11.5 Å². The van der Waals surface area contributed by atoms with E-state index in [-0.39, 0.29) is 29.2 Å². The second kappa shape index (κ2) is 9.69. The molecule has 32 heavy (non-hydrogen) atoms. The van der Waals surface area contributed by atoms with Crippen LogP contribution in [0.15, 0.2) is 72.8 Å². The zero-order chi connectivity index (χ0) is 23.3. The minimum Gasteiger partial charge on any atom is -0.485 e. The maximum absolute atomic E-state index is 11.4. The number of aromatic carboxylic acids is 1. The fourth-order valence-corrected chi connectivity index (χ4v) is 3.35. The highest BCUT2D eigenvalue weighted by Gasteiger charge is 2.17.